The summed E-state index contributed by atoms with van der Waals surface area (Å²) in [4.78, 5) is 34.1. The molecule has 2 amide bonds. The van der Waals surface area contributed by atoms with Crippen molar-refractivity contribution in [3.8, 4) is 0 Å². The molecule has 10 heteroatoms. The second kappa shape index (κ2) is 10.1. The summed E-state index contributed by atoms with van der Waals surface area (Å²) < 4.78 is 41.7. The van der Waals surface area contributed by atoms with Crippen LogP contribution in [0.1, 0.15) is 52.5 Å². The second-order valence-electron chi connectivity index (χ2n) is 9.16. The van der Waals surface area contributed by atoms with E-state index in [0.29, 0.717) is 23.4 Å². The normalized spacial score (nSPS) is 16.7. The zero-order chi connectivity index (χ0) is 25.1. The summed E-state index contributed by atoms with van der Waals surface area (Å²) >= 11 is 0. The van der Waals surface area contributed by atoms with Crippen LogP contribution in [0.3, 0.4) is 0 Å². The van der Waals surface area contributed by atoms with E-state index in [1.165, 1.54) is 12.4 Å². The fourth-order valence-electron chi connectivity index (χ4n) is 4.18. The number of amides is 2. The third-order valence-corrected chi connectivity index (χ3v) is 6.59. The van der Waals surface area contributed by atoms with Crippen LogP contribution < -0.4 is 11.1 Å². The van der Waals surface area contributed by atoms with Crippen molar-refractivity contribution in [1.82, 2.24) is 20.2 Å². The predicted octanol–water partition coefficient (Wildman–Crippen LogP) is 2.99. The van der Waals surface area contributed by atoms with Crippen LogP contribution in [-0.2, 0) is 11.2 Å². The molecular weight excluding hydrogens is 447 g/mol. The number of carbonyl (C=O) groups is 2. The van der Waals surface area contributed by atoms with Crippen LogP contribution in [0.25, 0.3) is 0 Å². The molecule has 2 aromatic rings. The number of hydrogen-bond acceptors (Lipinski definition) is 5. The lowest BCUT2D eigenvalue weighted by Crippen LogP contribution is -2.42. The van der Waals surface area contributed by atoms with E-state index in [-0.39, 0.29) is 31.8 Å². The van der Waals surface area contributed by atoms with Crippen LogP contribution in [0, 0.1) is 12.3 Å². The number of nitrogens with two attached hydrogens (primary N) is 1. The molecule has 7 nitrogen and oxygen atoms in total. The number of rotatable bonds is 10. The van der Waals surface area contributed by atoms with Crippen molar-refractivity contribution in [2.75, 3.05) is 20.6 Å². The molecule has 3 N–H and O–H groups in total. The third-order valence-electron chi connectivity index (χ3n) is 6.59. The van der Waals surface area contributed by atoms with Crippen molar-refractivity contribution in [3.05, 3.63) is 59.2 Å². The number of aryl methyl sites for hydroxylation is 1. The Bertz CT molecular complexity index is 1000. The van der Waals surface area contributed by atoms with E-state index >= 15 is 0 Å². The first-order valence-electron chi connectivity index (χ1n) is 11.1. The molecule has 3 rings (SSSR count). The lowest BCUT2D eigenvalue weighted by atomic mass is 9.81. The Morgan fingerprint density at radius 3 is 2.21 bits per heavy atom. The summed E-state index contributed by atoms with van der Waals surface area (Å²) in [5.41, 5.74) is 5.04. The van der Waals surface area contributed by atoms with Gasteiger partial charge in [0.25, 0.3) is 0 Å². The number of nitrogens with one attached hydrogen (secondary N) is 1. The third kappa shape index (κ3) is 5.91. The quantitative estimate of drug-likeness (QED) is 0.548. The van der Waals surface area contributed by atoms with E-state index < -0.39 is 29.3 Å². The van der Waals surface area contributed by atoms with Gasteiger partial charge in [-0.2, -0.15) is 13.2 Å². The van der Waals surface area contributed by atoms with Gasteiger partial charge in [0.1, 0.15) is 5.82 Å². The highest BCUT2D eigenvalue weighted by Crippen LogP contribution is 2.66. The van der Waals surface area contributed by atoms with Crippen molar-refractivity contribution >= 4 is 11.8 Å². The van der Waals surface area contributed by atoms with Gasteiger partial charge in [-0.25, -0.2) is 9.97 Å². The monoisotopic (exact) mass is 477 g/mol. The summed E-state index contributed by atoms with van der Waals surface area (Å²) in [5.74, 6) is -1.53. The standard InChI is InChI=1S/C24H30F3N5O2/c1-15-29-12-18(13-30-15)20(23(8-9-23)24(25,26)27)11-21(33)31-14-19(32(2)3)10-16-4-6-17(7-5-16)22(28)34/h4-7,12-13,19-20H,8-11,14H2,1-3H3,(H2,28,34)(H,31,33)/t19-,20-/m0/s1. The second-order valence-corrected chi connectivity index (χ2v) is 9.16. The fraction of sp³-hybridized carbons (Fsp3) is 0.500. The fourth-order valence-corrected chi connectivity index (χ4v) is 4.18. The van der Waals surface area contributed by atoms with Gasteiger partial charge in [-0.05, 0) is 63.5 Å². The lowest BCUT2D eigenvalue weighted by Gasteiger charge is -2.29. The van der Waals surface area contributed by atoms with Gasteiger partial charge in [0.2, 0.25) is 11.8 Å². The minimum atomic E-state index is -4.41. The van der Waals surface area contributed by atoms with Gasteiger partial charge in [-0.15, -0.1) is 0 Å². The van der Waals surface area contributed by atoms with Crippen molar-refractivity contribution in [2.45, 2.75) is 50.7 Å². The zero-order valence-corrected chi connectivity index (χ0v) is 19.5. The minimum absolute atomic E-state index is 0.00998. The Morgan fingerprint density at radius 1 is 1.15 bits per heavy atom. The largest absolute Gasteiger partial charge is 0.395 e. The van der Waals surface area contributed by atoms with Gasteiger partial charge in [0, 0.05) is 42.9 Å². The van der Waals surface area contributed by atoms with E-state index in [1.807, 2.05) is 19.0 Å². The maximum atomic E-state index is 13.9. The molecule has 1 aromatic heterocycles. The number of nitrogens with zero attached hydrogens (tertiary/aromatic N) is 3. The molecule has 1 aromatic carbocycles. The maximum Gasteiger partial charge on any atom is 0.395 e. The van der Waals surface area contributed by atoms with E-state index in [1.54, 1.807) is 31.2 Å². The summed E-state index contributed by atoms with van der Waals surface area (Å²) in [6.45, 7) is 1.92. The highest BCUT2D eigenvalue weighted by molar-refractivity contribution is 5.92. The molecule has 1 aliphatic carbocycles. The number of primary amides is 1. The van der Waals surface area contributed by atoms with Crippen LogP contribution in [0.15, 0.2) is 36.7 Å². The molecule has 0 spiro atoms. The topological polar surface area (TPSA) is 101 Å². The van der Waals surface area contributed by atoms with E-state index in [0.717, 1.165) is 5.56 Å². The average Bonchev–Trinajstić information content (AvgIpc) is 3.58. The Morgan fingerprint density at radius 2 is 1.74 bits per heavy atom. The first-order valence-corrected chi connectivity index (χ1v) is 11.1. The van der Waals surface area contributed by atoms with E-state index in [9.17, 15) is 22.8 Å². The first kappa shape index (κ1) is 25.6. The molecule has 0 aliphatic heterocycles. The van der Waals surface area contributed by atoms with Gasteiger partial charge < -0.3 is 16.0 Å². The zero-order valence-electron chi connectivity index (χ0n) is 19.5. The number of alkyl halides is 3. The van der Waals surface area contributed by atoms with Gasteiger partial charge in [0.15, 0.2) is 0 Å². The predicted molar refractivity (Wildman–Crippen MR) is 121 cm³/mol. The van der Waals surface area contributed by atoms with Crippen LogP contribution in [-0.4, -0.2) is 59.5 Å². The van der Waals surface area contributed by atoms with Crippen molar-refractivity contribution in [1.29, 1.82) is 0 Å². The SMILES string of the molecule is Cc1ncc([C@H](CC(=O)NC[C@H](Cc2ccc(C(N)=O)cc2)N(C)C)C2(C(F)(F)F)CC2)cn1. The van der Waals surface area contributed by atoms with Crippen molar-refractivity contribution < 1.29 is 22.8 Å². The summed E-state index contributed by atoms with van der Waals surface area (Å²) in [6.07, 6.45) is -1.36. The highest BCUT2D eigenvalue weighted by atomic mass is 19.4. The van der Waals surface area contributed by atoms with Gasteiger partial charge in [0.05, 0.1) is 5.41 Å². The van der Waals surface area contributed by atoms with Crippen molar-refractivity contribution in [3.63, 3.8) is 0 Å². The van der Waals surface area contributed by atoms with Gasteiger partial charge >= 0.3 is 6.18 Å². The summed E-state index contributed by atoms with van der Waals surface area (Å²) in [7, 11) is 3.73. The lowest BCUT2D eigenvalue weighted by molar-refractivity contribution is -0.194. The maximum absolute atomic E-state index is 13.9. The molecule has 1 heterocycles. The van der Waals surface area contributed by atoms with E-state index in [2.05, 4.69) is 15.3 Å². The highest BCUT2D eigenvalue weighted by Gasteiger charge is 2.67. The number of likely N-dealkylation sites (N-methyl/N-ethyl adjacent to an activating group) is 1. The van der Waals surface area contributed by atoms with Crippen LogP contribution in [0.4, 0.5) is 13.2 Å². The number of benzene rings is 1. The molecule has 0 radical (unpaired) electrons. The summed E-state index contributed by atoms with van der Waals surface area (Å²) in [6, 6.07) is 6.78. The van der Waals surface area contributed by atoms with Gasteiger partial charge in [-0.1, -0.05) is 12.1 Å². The summed E-state index contributed by atoms with van der Waals surface area (Å²) in [5, 5.41) is 2.81. The van der Waals surface area contributed by atoms with Crippen LogP contribution >= 0.6 is 0 Å². The Hall–Kier alpha value is -3.01. The van der Waals surface area contributed by atoms with Crippen molar-refractivity contribution in [2.24, 2.45) is 11.1 Å². The average molecular weight is 478 g/mol. The molecule has 2 atom stereocenters. The van der Waals surface area contributed by atoms with E-state index in [4.69, 9.17) is 5.73 Å². The first-order chi connectivity index (χ1) is 15.9. The molecule has 0 saturated heterocycles. The van der Waals surface area contributed by atoms with Crippen LogP contribution in [0.5, 0.6) is 0 Å². The number of carbonyl (C=O) groups excluding carboxylic acids is 2. The molecule has 1 fully saturated rings. The number of hydrogen-bond donors (Lipinski definition) is 2. The molecule has 184 valence electrons. The minimum Gasteiger partial charge on any atom is -0.366 e. The van der Waals surface area contributed by atoms with Gasteiger partial charge in [-0.3, -0.25) is 9.59 Å². The molecule has 1 aliphatic rings. The molecular formula is C24H30F3N5O2. The Kier molecular flexibility index (Phi) is 7.60. The Balaban J connectivity index is 1.68. The van der Waals surface area contributed by atoms with Crippen LogP contribution in [0.2, 0.25) is 0 Å². The molecule has 0 unspecified atom stereocenters. The molecule has 34 heavy (non-hydrogen) atoms. The molecule has 1 saturated carbocycles. The molecule has 0 bridgehead atoms. The number of halogens is 3. The Labute approximate surface area is 197 Å². The smallest absolute Gasteiger partial charge is 0.366 e. The number of aromatic nitrogens is 2.